The van der Waals surface area contributed by atoms with Crippen LogP contribution >= 0.6 is 15.9 Å². The standard InChI is InChI=1S/C14H9BrF4N2/c15-8-3-1-2-7-6(8)4-5-9(7)20-12-10(16)13(18)21-14(19)11(12)17/h1-3,9H,4-5H2,(H,20,21). The van der Waals surface area contributed by atoms with Crippen molar-refractivity contribution < 1.29 is 17.6 Å². The van der Waals surface area contributed by atoms with Crippen LogP contribution in [0.25, 0.3) is 0 Å². The normalized spacial score (nSPS) is 16.9. The molecule has 3 rings (SSSR count). The molecule has 110 valence electrons. The molecule has 0 saturated heterocycles. The fourth-order valence-corrected chi connectivity index (χ4v) is 3.13. The minimum atomic E-state index is -1.66. The lowest BCUT2D eigenvalue weighted by atomic mass is 10.1. The zero-order valence-corrected chi connectivity index (χ0v) is 12.1. The summed E-state index contributed by atoms with van der Waals surface area (Å²) in [5, 5.41) is 2.55. The van der Waals surface area contributed by atoms with Gasteiger partial charge in [0, 0.05) is 4.47 Å². The lowest BCUT2D eigenvalue weighted by Gasteiger charge is -2.17. The summed E-state index contributed by atoms with van der Waals surface area (Å²) >= 11 is 3.41. The third-order valence-corrected chi connectivity index (χ3v) is 4.27. The van der Waals surface area contributed by atoms with Gasteiger partial charge in [-0.2, -0.15) is 22.5 Å². The second kappa shape index (κ2) is 5.29. The number of anilines is 1. The van der Waals surface area contributed by atoms with Crippen molar-refractivity contribution in [2.45, 2.75) is 18.9 Å². The number of nitrogens with one attached hydrogen (secondary N) is 1. The molecule has 1 aromatic carbocycles. The molecule has 7 heteroatoms. The highest BCUT2D eigenvalue weighted by atomic mass is 79.9. The van der Waals surface area contributed by atoms with Gasteiger partial charge in [0.25, 0.3) is 11.9 Å². The Labute approximate surface area is 126 Å². The molecule has 1 atom stereocenters. The summed E-state index contributed by atoms with van der Waals surface area (Å²) in [6.45, 7) is 0. The minimum Gasteiger partial charge on any atom is -0.373 e. The van der Waals surface area contributed by atoms with Crippen molar-refractivity contribution >= 4 is 21.6 Å². The number of pyridine rings is 1. The number of fused-ring (bicyclic) bond motifs is 1. The molecule has 1 aromatic heterocycles. The van der Waals surface area contributed by atoms with Crippen molar-refractivity contribution in [3.63, 3.8) is 0 Å². The number of hydrogen-bond donors (Lipinski definition) is 1. The van der Waals surface area contributed by atoms with Crippen LogP contribution in [0.2, 0.25) is 0 Å². The quantitative estimate of drug-likeness (QED) is 0.629. The third kappa shape index (κ3) is 2.39. The molecule has 0 aliphatic heterocycles. The SMILES string of the molecule is Fc1nc(F)c(F)c(NC2CCc3c(Br)cccc32)c1F. The second-order valence-electron chi connectivity index (χ2n) is 4.74. The highest BCUT2D eigenvalue weighted by Gasteiger charge is 2.28. The van der Waals surface area contributed by atoms with Crippen molar-refractivity contribution in [3.05, 3.63) is 57.3 Å². The number of aromatic nitrogens is 1. The van der Waals surface area contributed by atoms with E-state index >= 15 is 0 Å². The fourth-order valence-electron chi connectivity index (χ4n) is 2.55. The Kier molecular flexibility index (Phi) is 3.61. The average molecular weight is 361 g/mol. The van der Waals surface area contributed by atoms with Crippen LogP contribution in [0.4, 0.5) is 23.2 Å². The molecule has 1 aliphatic rings. The maximum atomic E-state index is 13.6. The largest absolute Gasteiger partial charge is 0.373 e. The Balaban J connectivity index is 1.99. The predicted octanol–water partition coefficient (Wildman–Crippen LogP) is 4.50. The van der Waals surface area contributed by atoms with E-state index < -0.39 is 35.3 Å². The predicted molar refractivity (Wildman–Crippen MR) is 72.9 cm³/mol. The summed E-state index contributed by atoms with van der Waals surface area (Å²) in [5.41, 5.74) is 1.05. The molecule has 0 bridgehead atoms. The van der Waals surface area contributed by atoms with Gasteiger partial charge in [0.1, 0.15) is 5.69 Å². The fraction of sp³-hybridized carbons (Fsp3) is 0.214. The number of rotatable bonds is 2. The maximum absolute atomic E-state index is 13.6. The van der Waals surface area contributed by atoms with Gasteiger partial charge in [-0.3, -0.25) is 0 Å². The summed E-state index contributed by atoms with van der Waals surface area (Å²) in [7, 11) is 0. The van der Waals surface area contributed by atoms with Crippen LogP contribution in [0.15, 0.2) is 22.7 Å². The molecule has 2 aromatic rings. The summed E-state index contributed by atoms with van der Waals surface area (Å²) in [6.07, 6.45) is 1.27. The van der Waals surface area contributed by atoms with Gasteiger partial charge < -0.3 is 5.32 Å². The maximum Gasteiger partial charge on any atom is 0.253 e. The van der Waals surface area contributed by atoms with Gasteiger partial charge in [-0.25, -0.2) is 0 Å². The van der Waals surface area contributed by atoms with E-state index in [4.69, 9.17) is 0 Å². The van der Waals surface area contributed by atoms with Crippen molar-refractivity contribution in [3.8, 4) is 0 Å². The molecule has 0 fully saturated rings. The van der Waals surface area contributed by atoms with Crippen molar-refractivity contribution in [1.82, 2.24) is 4.98 Å². The molecule has 1 aliphatic carbocycles. The zero-order chi connectivity index (χ0) is 15.1. The van der Waals surface area contributed by atoms with Crippen LogP contribution < -0.4 is 5.32 Å². The first-order valence-corrected chi connectivity index (χ1v) is 7.02. The lowest BCUT2D eigenvalue weighted by Crippen LogP contribution is -2.13. The van der Waals surface area contributed by atoms with Gasteiger partial charge >= 0.3 is 0 Å². The van der Waals surface area contributed by atoms with E-state index in [1.54, 1.807) is 6.07 Å². The highest BCUT2D eigenvalue weighted by molar-refractivity contribution is 9.10. The topological polar surface area (TPSA) is 24.9 Å². The molecular weight excluding hydrogens is 352 g/mol. The monoisotopic (exact) mass is 360 g/mol. The van der Waals surface area contributed by atoms with Crippen LogP contribution in [0.1, 0.15) is 23.6 Å². The molecule has 1 N–H and O–H groups in total. The van der Waals surface area contributed by atoms with Gasteiger partial charge in [-0.15, -0.1) is 0 Å². The molecule has 2 nitrogen and oxygen atoms in total. The molecular formula is C14H9BrF4N2. The Hall–Kier alpha value is -1.63. The Bertz CT molecular complexity index is 694. The van der Waals surface area contributed by atoms with E-state index in [1.165, 1.54) is 0 Å². The van der Waals surface area contributed by atoms with E-state index in [0.29, 0.717) is 12.8 Å². The molecule has 1 heterocycles. The van der Waals surface area contributed by atoms with Gasteiger partial charge in [-0.1, -0.05) is 28.1 Å². The number of hydrogen-bond acceptors (Lipinski definition) is 2. The van der Waals surface area contributed by atoms with Crippen molar-refractivity contribution in [2.24, 2.45) is 0 Å². The van der Waals surface area contributed by atoms with E-state index in [-0.39, 0.29) is 0 Å². The molecule has 0 radical (unpaired) electrons. The first kappa shape index (κ1) is 14.3. The van der Waals surface area contributed by atoms with Crippen LogP contribution in [-0.4, -0.2) is 4.98 Å². The molecule has 0 amide bonds. The van der Waals surface area contributed by atoms with Gasteiger partial charge in [0.2, 0.25) is 11.6 Å². The van der Waals surface area contributed by atoms with E-state index in [2.05, 4.69) is 26.2 Å². The lowest BCUT2D eigenvalue weighted by molar-refractivity contribution is 0.409. The first-order chi connectivity index (χ1) is 9.99. The van der Waals surface area contributed by atoms with Crippen molar-refractivity contribution in [2.75, 3.05) is 5.32 Å². The second-order valence-corrected chi connectivity index (χ2v) is 5.59. The summed E-state index contributed by atoms with van der Waals surface area (Å²) < 4.78 is 54.4. The summed E-state index contributed by atoms with van der Waals surface area (Å²) in [5.74, 6) is -6.36. The molecule has 1 unspecified atom stereocenters. The molecule has 0 spiro atoms. The van der Waals surface area contributed by atoms with Gasteiger partial charge in [0.15, 0.2) is 0 Å². The smallest absolute Gasteiger partial charge is 0.253 e. The van der Waals surface area contributed by atoms with E-state index in [0.717, 1.165) is 15.6 Å². The molecule has 21 heavy (non-hydrogen) atoms. The number of halogens is 5. The van der Waals surface area contributed by atoms with Crippen LogP contribution in [0, 0.1) is 23.5 Å². The van der Waals surface area contributed by atoms with E-state index in [1.807, 2.05) is 12.1 Å². The summed E-state index contributed by atoms with van der Waals surface area (Å²) in [6, 6.07) is 5.06. The number of benzene rings is 1. The van der Waals surface area contributed by atoms with Gasteiger partial charge in [-0.05, 0) is 30.0 Å². The average Bonchev–Trinajstić information content (AvgIpc) is 2.86. The van der Waals surface area contributed by atoms with Crippen molar-refractivity contribution in [1.29, 1.82) is 0 Å². The number of nitrogens with zero attached hydrogens (tertiary/aromatic N) is 1. The molecule has 0 saturated carbocycles. The Morgan fingerprint density at radius 1 is 1.10 bits per heavy atom. The zero-order valence-electron chi connectivity index (χ0n) is 10.6. The van der Waals surface area contributed by atoms with E-state index in [9.17, 15) is 17.6 Å². The highest BCUT2D eigenvalue weighted by Crippen LogP contribution is 2.38. The first-order valence-electron chi connectivity index (χ1n) is 6.23. The van der Waals surface area contributed by atoms with Crippen LogP contribution in [0.5, 0.6) is 0 Å². The van der Waals surface area contributed by atoms with Gasteiger partial charge in [0.05, 0.1) is 6.04 Å². The third-order valence-electron chi connectivity index (χ3n) is 3.53. The minimum absolute atomic E-state index is 0.414. The van der Waals surface area contributed by atoms with Crippen LogP contribution in [-0.2, 0) is 6.42 Å². The Morgan fingerprint density at radius 3 is 2.43 bits per heavy atom. The Morgan fingerprint density at radius 2 is 1.76 bits per heavy atom. The van der Waals surface area contributed by atoms with Crippen LogP contribution in [0.3, 0.4) is 0 Å². The summed E-state index contributed by atoms with van der Waals surface area (Å²) in [4.78, 5) is 2.54.